The average Bonchev–Trinajstić information content (AvgIpc) is 2.65. The van der Waals surface area contributed by atoms with Crippen LogP contribution in [0.3, 0.4) is 0 Å². The minimum absolute atomic E-state index is 0.404. The molecule has 2 N–H and O–H groups in total. The highest BCUT2D eigenvalue weighted by molar-refractivity contribution is 5.75. The molecule has 3 rings (SSSR count). The van der Waals surface area contributed by atoms with Gasteiger partial charge in [0.15, 0.2) is 0 Å². The highest BCUT2D eigenvalue weighted by Gasteiger charge is 2.36. The number of fused-ring (bicyclic) bond motifs is 1. The molecule has 0 spiro atoms. The van der Waals surface area contributed by atoms with Crippen LogP contribution in [0.2, 0.25) is 0 Å². The van der Waals surface area contributed by atoms with Crippen LogP contribution in [-0.2, 0) is 13.5 Å². The van der Waals surface area contributed by atoms with Crippen molar-refractivity contribution >= 4 is 11.0 Å². The number of hydrogen-bond acceptors (Lipinski definition) is 3. The Labute approximate surface area is 125 Å². The van der Waals surface area contributed by atoms with E-state index in [9.17, 15) is 10.2 Å². The molecule has 1 unspecified atom stereocenters. The van der Waals surface area contributed by atoms with Gasteiger partial charge in [-0.1, -0.05) is 37.8 Å². The molecule has 4 nitrogen and oxygen atoms in total. The van der Waals surface area contributed by atoms with Crippen molar-refractivity contribution in [3.8, 4) is 0 Å². The largest absolute Gasteiger partial charge is 0.390 e. The standard InChI is InChI=1S/C17H24N2O2/c1-19-14-9-5-4-8-13(14)18-16(19)12-15(20)17(21)10-6-2-3-7-11-17/h4-5,8-9,15,20-21H,2-3,6-7,10-12H2,1H3. The van der Waals surface area contributed by atoms with E-state index < -0.39 is 11.7 Å². The van der Waals surface area contributed by atoms with Gasteiger partial charge in [-0.3, -0.25) is 0 Å². The van der Waals surface area contributed by atoms with E-state index in [-0.39, 0.29) is 0 Å². The number of aryl methyl sites for hydroxylation is 1. The topological polar surface area (TPSA) is 58.3 Å². The summed E-state index contributed by atoms with van der Waals surface area (Å²) in [4.78, 5) is 4.59. The number of imidazole rings is 1. The Hall–Kier alpha value is -1.39. The number of hydrogen-bond donors (Lipinski definition) is 2. The summed E-state index contributed by atoms with van der Waals surface area (Å²) in [7, 11) is 1.97. The summed E-state index contributed by atoms with van der Waals surface area (Å²) in [5, 5.41) is 21.3. The minimum Gasteiger partial charge on any atom is -0.390 e. The molecule has 21 heavy (non-hydrogen) atoms. The first kappa shape index (κ1) is 14.5. The van der Waals surface area contributed by atoms with Crippen LogP contribution in [0, 0.1) is 0 Å². The summed E-state index contributed by atoms with van der Waals surface area (Å²) in [5.41, 5.74) is 1.05. The maximum absolute atomic E-state index is 10.8. The van der Waals surface area contributed by atoms with Gasteiger partial charge in [0.2, 0.25) is 0 Å². The van der Waals surface area contributed by atoms with E-state index in [1.54, 1.807) is 0 Å². The van der Waals surface area contributed by atoms with E-state index in [1.165, 1.54) is 0 Å². The summed E-state index contributed by atoms with van der Waals surface area (Å²) in [6, 6.07) is 7.96. The van der Waals surface area contributed by atoms with Crippen molar-refractivity contribution in [3.05, 3.63) is 30.1 Å². The molecule has 0 amide bonds. The Morgan fingerprint density at radius 1 is 1.19 bits per heavy atom. The first-order chi connectivity index (χ1) is 10.1. The highest BCUT2D eigenvalue weighted by Crippen LogP contribution is 2.31. The van der Waals surface area contributed by atoms with Crippen molar-refractivity contribution in [1.29, 1.82) is 0 Å². The van der Waals surface area contributed by atoms with E-state index >= 15 is 0 Å². The molecular weight excluding hydrogens is 264 g/mol. The Balaban J connectivity index is 1.82. The van der Waals surface area contributed by atoms with Crippen LogP contribution in [-0.4, -0.2) is 31.5 Å². The molecule has 1 aromatic heterocycles. The second-order valence-corrected chi connectivity index (χ2v) is 6.31. The lowest BCUT2D eigenvalue weighted by Crippen LogP contribution is -2.43. The molecule has 4 heteroatoms. The predicted octanol–water partition coefficient (Wildman–Crippen LogP) is 2.56. The third-order valence-corrected chi connectivity index (χ3v) is 4.85. The lowest BCUT2D eigenvalue weighted by molar-refractivity contribution is -0.0845. The second kappa shape index (κ2) is 5.78. The lowest BCUT2D eigenvalue weighted by Gasteiger charge is -2.31. The maximum atomic E-state index is 10.8. The number of rotatable bonds is 3. The zero-order chi connectivity index (χ0) is 14.9. The first-order valence-electron chi connectivity index (χ1n) is 7.91. The van der Waals surface area contributed by atoms with Crippen LogP contribution in [0.25, 0.3) is 11.0 Å². The number of aliphatic hydroxyl groups is 2. The summed E-state index contributed by atoms with van der Waals surface area (Å²) in [6.07, 6.45) is 5.35. The van der Waals surface area contributed by atoms with Crippen LogP contribution in [0.4, 0.5) is 0 Å². The molecule has 1 heterocycles. The molecule has 1 aliphatic rings. The molecule has 0 bridgehead atoms. The fourth-order valence-electron chi connectivity index (χ4n) is 3.41. The van der Waals surface area contributed by atoms with E-state index in [2.05, 4.69) is 4.98 Å². The molecule has 1 aromatic carbocycles. The van der Waals surface area contributed by atoms with Crippen LogP contribution in [0.5, 0.6) is 0 Å². The van der Waals surface area contributed by atoms with Gasteiger partial charge in [-0.2, -0.15) is 0 Å². The van der Waals surface area contributed by atoms with Crippen LogP contribution < -0.4 is 0 Å². The molecule has 1 atom stereocenters. The van der Waals surface area contributed by atoms with Gasteiger partial charge in [0.25, 0.3) is 0 Å². The van der Waals surface area contributed by atoms with Gasteiger partial charge in [0.1, 0.15) is 5.82 Å². The zero-order valence-electron chi connectivity index (χ0n) is 12.6. The lowest BCUT2D eigenvalue weighted by atomic mass is 9.86. The number of nitrogens with zero attached hydrogens (tertiary/aromatic N) is 2. The molecular formula is C17H24N2O2. The second-order valence-electron chi connectivity index (χ2n) is 6.31. The third-order valence-electron chi connectivity index (χ3n) is 4.85. The van der Waals surface area contributed by atoms with Crippen molar-refractivity contribution in [2.75, 3.05) is 0 Å². The van der Waals surface area contributed by atoms with Gasteiger partial charge in [-0.05, 0) is 25.0 Å². The molecule has 0 radical (unpaired) electrons. The Morgan fingerprint density at radius 2 is 1.86 bits per heavy atom. The number of aliphatic hydroxyl groups excluding tert-OH is 1. The van der Waals surface area contributed by atoms with Gasteiger partial charge in [0, 0.05) is 13.5 Å². The average molecular weight is 288 g/mol. The highest BCUT2D eigenvalue weighted by atomic mass is 16.3. The molecule has 1 fully saturated rings. The minimum atomic E-state index is -0.950. The van der Waals surface area contributed by atoms with Gasteiger partial charge < -0.3 is 14.8 Å². The zero-order valence-corrected chi connectivity index (χ0v) is 12.6. The van der Waals surface area contributed by atoms with Gasteiger partial charge in [0.05, 0.1) is 22.7 Å². The van der Waals surface area contributed by atoms with Gasteiger partial charge in [-0.15, -0.1) is 0 Å². The Kier molecular flexibility index (Phi) is 4.00. The fourth-order valence-corrected chi connectivity index (χ4v) is 3.41. The Bertz CT molecular complexity index is 612. The summed E-state index contributed by atoms with van der Waals surface area (Å²) in [5.74, 6) is 0.835. The maximum Gasteiger partial charge on any atom is 0.112 e. The summed E-state index contributed by atoms with van der Waals surface area (Å²) >= 11 is 0. The third kappa shape index (κ3) is 2.83. The van der Waals surface area contributed by atoms with Crippen molar-refractivity contribution in [3.63, 3.8) is 0 Å². The monoisotopic (exact) mass is 288 g/mol. The quantitative estimate of drug-likeness (QED) is 0.853. The predicted molar refractivity (Wildman–Crippen MR) is 83.1 cm³/mol. The SMILES string of the molecule is Cn1c(CC(O)C2(O)CCCCCC2)nc2ccccc21. The van der Waals surface area contributed by atoms with Crippen molar-refractivity contribution in [2.45, 2.75) is 56.7 Å². The normalized spacial score (nSPS) is 20.3. The molecule has 114 valence electrons. The van der Waals surface area contributed by atoms with E-state index in [1.807, 2.05) is 35.9 Å². The van der Waals surface area contributed by atoms with Gasteiger partial charge >= 0.3 is 0 Å². The van der Waals surface area contributed by atoms with Gasteiger partial charge in [-0.25, -0.2) is 4.98 Å². The molecule has 0 aliphatic heterocycles. The number of aromatic nitrogens is 2. The van der Waals surface area contributed by atoms with Crippen molar-refractivity contribution < 1.29 is 10.2 Å². The van der Waals surface area contributed by atoms with E-state index in [0.717, 1.165) is 42.5 Å². The van der Waals surface area contributed by atoms with Crippen LogP contribution in [0.15, 0.2) is 24.3 Å². The smallest absolute Gasteiger partial charge is 0.112 e. The number of benzene rings is 1. The van der Waals surface area contributed by atoms with Crippen molar-refractivity contribution in [1.82, 2.24) is 9.55 Å². The van der Waals surface area contributed by atoms with Crippen LogP contribution in [0.1, 0.15) is 44.3 Å². The fraction of sp³-hybridized carbons (Fsp3) is 0.588. The first-order valence-corrected chi connectivity index (χ1v) is 7.91. The molecule has 1 saturated carbocycles. The van der Waals surface area contributed by atoms with E-state index in [4.69, 9.17) is 0 Å². The van der Waals surface area contributed by atoms with Crippen molar-refractivity contribution in [2.24, 2.45) is 7.05 Å². The number of para-hydroxylation sites is 2. The summed E-state index contributed by atoms with van der Waals surface area (Å²) < 4.78 is 2.01. The van der Waals surface area contributed by atoms with E-state index in [0.29, 0.717) is 19.3 Å². The molecule has 1 aliphatic carbocycles. The molecule has 2 aromatic rings. The Morgan fingerprint density at radius 3 is 2.52 bits per heavy atom. The summed E-state index contributed by atoms with van der Waals surface area (Å²) in [6.45, 7) is 0. The van der Waals surface area contributed by atoms with Crippen LogP contribution >= 0.6 is 0 Å². The molecule has 0 saturated heterocycles.